The number of carbonyl (C=O) groups is 2. The average Bonchev–Trinajstić information content (AvgIpc) is 2.90. The van der Waals surface area contributed by atoms with Gasteiger partial charge in [-0.25, -0.2) is 13.6 Å². The molecule has 1 N–H and O–H groups in total. The van der Waals surface area contributed by atoms with Crippen molar-refractivity contribution in [1.29, 1.82) is 0 Å². The molecule has 0 spiro atoms. The van der Waals surface area contributed by atoms with Crippen LogP contribution in [0.1, 0.15) is 48.7 Å². The summed E-state index contributed by atoms with van der Waals surface area (Å²) in [4.78, 5) is 30.9. The van der Waals surface area contributed by atoms with E-state index in [9.17, 15) is 27.2 Å². The van der Waals surface area contributed by atoms with Crippen LogP contribution in [0.2, 0.25) is 0 Å². The van der Waals surface area contributed by atoms with E-state index < -0.39 is 40.9 Å². The van der Waals surface area contributed by atoms with E-state index in [1.54, 1.807) is 19.9 Å². The molecule has 2 aliphatic rings. The fourth-order valence-corrected chi connectivity index (χ4v) is 4.93. The predicted molar refractivity (Wildman–Crippen MR) is 146 cm³/mol. The van der Waals surface area contributed by atoms with Gasteiger partial charge >= 0.3 is 12.3 Å². The number of ether oxygens (including phenoxy) is 1. The summed E-state index contributed by atoms with van der Waals surface area (Å²) in [5, 5.41) is 2.54. The summed E-state index contributed by atoms with van der Waals surface area (Å²) in [7, 11) is 1.96. The number of hydrogen-bond donors (Lipinski definition) is 1. The SMILES string of the molecule is CC(C)OC(=O)N1CC=C(c2cc(NC(=O)c3ccc(F)cc3C(F)(F)F)c(N3CCN(C)[C@H](C)C3)cc2F)CC1. The number of piperazine rings is 1. The van der Waals surface area contributed by atoms with E-state index in [2.05, 4.69) is 10.2 Å². The number of amides is 2. The second-order valence-electron chi connectivity index (χ2n) is 10.6. The molecule has 0 saturated carbocycles. The quantitative estimate of drug-likeness (QED) is 0.439. The Balaban J connectivity index is 1.71. The summed E-state index contributed by atoms with van der Waals surface area (Å²) < 4.78 is 75.4. The number of benzene rings is 2. The number of alkyl halides is 3. The molecule has 2 heterocycles. The Hall–Kier alpha value is -3.67. The molecule has 41 heavy (non-hydrogen) atoms. The first-order valence-electron chi connectivity index (χ1n) is 13.4. The molecular weight excluding hydrogens is 547 g/mol. The molecule has 2 aliphatic heterocycles. The third kappa shape index (κ3) is 6.98. The van der Waals surface area contributed by atoms with Crippen LogP contribution < -0.4 is 10.2 Å². The molecule has 1 atom stereocenters. The number of rotatable bonds is 5. The highest BCUT2D eigenvalue weighted by Gasteiger charge is 2.36. The Labute approximate surface area is 235 Å². The van der Waals surface area contributed by atoms with E-state index in [1.165, 1.54) is 17.0 Å². The largest absolute Gasteiger partial charge is 0.447 e. The Bertz CT molecular complexity index is 1340. The van der Waals surface area contributed by atoms with Crippen molar-refractivity contribution < 1.29 is 36.3 Å². The maximum Gasteiger partial charge on any atom is 0.417 e. The van der Waals surface area contributed by atoms with Gasteiger partial charge in [-0.15, -0.1) is 0 Å². The number of anilines is 2. The summed E-state index contributed by atoms with van der Waals surface area (Å²) in [6.07, 6.45) is -3.75. The van der Waals surface area contributed by atoms with Gasteiger partial charge in [0.1, 0.15) is 11.6 Å². The summed E-state index contributed by atoms with van der Waals surface area (Å²) in [5.74, 6) is -2.79. The second-order valence-corrected chi connectivity index (χ2v) is 10.6. The summed E-state index contributed by atoms with van der Waals surface area (Å²) in [6, 6.07) is 4.63. The van der Waals surface area contributed by atoms with E-state index in [4.69, 9.17) is 4.74 Å². The first-order valence-corrected chi connectivity index (χ1v) is 13.4. The van der Waals surface area contributed by atoms with Crippen LogP contribution in [-0.4, -0.2) is 73.7 Å². The van der Waals surface area contributed by atoms with Gasteiger partial charge in [-0.1, -0.05) is 6.08 Å². The highest BCUT2D eigenvalue weighted by Crippen LogP contribution is 2.37. The van der Waals surface area contributed by atoms with Gasteiger partial charge in [-0.05, 0) is 70.1 Å². The van der Waals surface area contributed by atoms with Crippen molar-refractivity contribution in [3.05, 3.63) is 64.7 Å². The molecule has 1 fully saturated rings. The van der Waals surface area contributed by atoms with Crippen molar-refractivity contribution in [2.24, 2.45) is 0 Å². The monoisotopic (exact) mass is 580 g/mol. The van der Waals surface area contributed by atoms with E-state index >= 15 is 4.39 Å². The second kappa shape index (κ2) is 12.1. The highest BCUT2D eigenvalue weighted by molar-refractivity contribution is 6.07. The fraction of sp³-hybridized carbons (Fsp3) is 0.448. The summed E-state index contributed by atoms with van der Waals surface area (Å²) >= 11 is 0. The minimum absolute atomic E-state index is 0.0987. The topological polar surface area (TPSA) is 65.1 Å². The molecule has 2 amide bonds. The average molecular weight is 581 g/mol. The van der Waals surface area contributed by atoms with Crippen LogP contribution in [0.25, 0.3) is 5.57 Å². The third-order valence-corrected chi connectivity index (χ3v) is 7.32. The number of hydrogen-bond acceptors (Lipinski definition) is 5. The summed E-state index contributed by atoms with van der Waals surface area (Å²) in [5.41, 5.74) is -0.952. The molecule has 0 radical (unpaired) electrons. The minimum atomic E-state index is -4.96. The lowest BCUT2D eigenvalue weighted by Gasteiger charge is -2.40. The number of carbonyl (C=O) groups excluding carboxylic acids is 2. The van der Waals surface area contributed by atoms with Gasteiger partial charge in [0.2, 0.25) is 0 Å². The molecule has 0 unspecified atom stereocenters. The van der Waals surface area contributed by atoms with Gasteiger partial charge in [-0.3, -0.25) is 4.79 Å². The minimum Gasteiger partial charge on any atom is -0.447 e. The fourth-order valence-electron chi connectivity index (χ4n) is 4.93. The molecule has 0 aliphatic carbocycles. The van der Waals surface area contributed by atoms with Crippen LogP contribution in [0, 0.1) is 11.6 Å². The molecule has 1 saturated heterocycles. The Morgan fingerprint density at radius 2 is 1.80 bits per heavy atom. The molecular formula is C29H33F5N4O3. The number of nitrogens with zero attached hydrogens (tertiary/aromatic N) is 3. The Morgan fingerprint density at radius 3 is 2.41 bits per heavy atom. The van der Waals surface area contributed by atoms with E-state index in [0.717, 1.165) is 12.1 Å². The smallest absolute Gasteiger partial charge is 0.417 e. The molecule has 222 valence electrons. The zero-order chi connectivity index (χ0) is 30.1. The third-order valence-electron chi connectivity index (χ3n) is 7.32. The normalized spacial score (nSPS) is 18.4. The number of nitrogens with one attached hydrogen (secondary N) is 1. The maximum atomic E-state index is 15.6. The van der Waals surface area contributed by atoms with Crippen molar-refractivity contribution in [3.8, 4) is 0 Å². The van der Waals surface area contributed by atoms with Crippen LogP contribution in [0.3, 0.4) is 0 Å². The number of halogens is 5. The van der Waals surface area contributed by atoms with E-state index in [1.807, 2.05) is 18.9 Å². The van der Waals surface area contributed by atoms with Crippen LogP contribution in [0.5, 0.6) is 0 Å². The van der Waals surface area contributed by atoms with Crippen molar-refractivity contribution >= 4 is 28.9 Å². The zero-order valence-electron chi connectivity index (χ0n) is 23.3. The van der Waals surface area contributed by atoms with Gasteiger partial charge in [-0.2, -0.15) is 13.2 Å². The van der Waals surface area contributed by atoms with Crippen molar-refractivity contribution in [1.82, 2.24) is 9.80 Å². The van der Waals surface area contributed by atoms with Crippen LogP contribution in [-0.2, 0) is 10.9 Å². The standard InChI is InChI=1S/C29H33F5N4O3/c1-17(2)41-28(40)37-9-7-19(8-10-37)22-14-25(26(15-24(22)31)38-12-11-36(4)18(3)16-38)35-27(39)21-6-5-20(30)13-23(21)29(32,33)34/h5-7,13-15,17-18H,8-12,16H2,1-4H3,(H,35,39)/t18-/m1/s1. The zero-order valence-corrected chi connectivity index (χ0v) is 23.3. The Morgan fingerprint density at radius 1 is 1.07 bits per heavy atom. The van der Waals surface area contributed by atoms with Crippen molar-refractivity contribution in [3.63, 3.8) is 0 Å². The molecule has 2 aromatic rings. The lowest BCUT2D eigenvalue weighted by molar-refractivity contribution is -0.138. The van der Waals surface area contributed by atoms with Crippen LogP contribution in [0.4, 0.5) is 38.1 Å². The van der Waals surface area contributed by atoms with Crippen molar-refractivity contribution in [2.45, 2.75) is 45.5 Å². The first-order chi connectivity index (χ1) is 19.2. The van der Waals surface area contributed by atoms with Gasteiger partial charge < -0.3 is 24.8 Å². The van der Waals surface area contributed by atoms with Gasteiger partial charge in [0.05, 0.1) is 28.6 Å². The van der Waals surface area contributed by atoms with Crippen LogP contribution in [0.15, 0.2) is 36.4 Å². The molecule has 0 aromatic heterocycles. The maximum absolute atomic E-state index is 15.6. The van der Waals surface area contributed by atoms with E-state index in [-0.39, 0.29) is 42.6 Å². The lowest BCUT2D eigenvalue weighted by Crippen LogP contribution is -2.50. The van der Waals surface area contributed by atoms with E-state index in [0.29, 0.717) is 37.3 Å². The van der Waals surface area contributed by atoms with Gasteiger partial charge in [0.15, 0.2) is 0 Å². The Kier molecular flexibility index (Phi) is 8.91. The van der Waals surface area contributed by atoms with Crippen molar-refractivity contribution in [2.75, 3.05) is 50.0 Å². The lowest BCUT2D eigenvalue weighted by atomic mass is 9.97. The highest BCUT2D eigenvalue weighted by atomic mass is 19.4. The van der Waals surface area contributed by atoms with Gasteiger partial charge in [0, 0.05) is 44.3 Å². The predicted octanol–water partition coefficient (Wildman–Crippen LogP) is 6.01. The molecule has 12 heteroatoms. The molecule has 0 bridgehead atoms. The molecule has 7 nitrogen and oxygen atoms in total. The summed E-state index contributed by atoms with van der Waals surface area (Å²) in [6.45, 7) is 7.58. The van der Waals surface area contributed by atoms with Crippen LogP contribution >= 0.6 is 0 Å². The molecule has 4 rings (SSSR count). The first kappa shape index (κ1) is 30.3. The number of likely N-dealkylation sites (N-methyl/N-ethyl adjacent to an activating group) is 1. The van der Waals surface area contributed by atoms with Gasteiger partial charge in [0.25, 0.3) is 5.91 Å². The molecule has 2 aromatic carbocycles.